The molecule has 2 aromatic rings. The number of halogens is 1. The zero-order valence-corrected chi connectivity index (χ0v) is 10.1. The Labute approximate surface area is 96.3 Å². The molecule has 0 aliphatic carbocycles. The Morgan fingerprint density at radius 1 is 1.33 bits per heavy atom. The van der Waals surface area contributed by atoms with E-state index in [1.807, 2.05) is 36.7 Å². The van der Waals surface area contributed by atoms with E-state index in [1.54, 1.807) is 0 Å². The standard InChI is InChI=1S/C10H11BrN4/c1-6-13-14-10(15(6)2)7-4-3-5-8(11)9(7)12/h3-5H,12H2,1-2H3. The molecule has 0 aliphatic rings. The van der Waals surface area contributed by atoms with Gasteiger partial charge < -0.3 is 10.3 Å². The number of rotatable bonds is 1. The minimum atomic E-state index is 0.688. The molecule has 1 aromatic carbocycles. The molecule has 0 saturated heterocycles. The van der Waals surface area contributed by atoms with Crippen molar-refractivity contribution in [3.8, 4) is 11.4 Å². The summed E-state index contributed by atoms with van der Waals surface area (Å²) in [6.07, 6.45) is 0. The van der Waals surface area contributed by atoms with Gasteiger partial charge in [0.1, 0.15) is 5.82 Å². The average molecular weight is 267 g/mol. The molecule has 0 aliphatic heterocycles. The number of nitrogen functional groups attached to an aromatic ring is 1. The van der Waals surface area contributed by atoms with E-state index in [1.165, 1.54) is 0 Å². The van der Waals surface area contributed by atoms with Gasteiger partial charge in [-0.1, -0.05) is 6.07 Å². The first-order chi connectivity index (χ1) is 7.11. The molecular formula is C10H11BrN4. The third-order valence-electron chi connectivity index (χ3n) is 2.39. The van der Waals surface area contributed by atoms with Gasteiger partial charge in [-0.2, -0.15) is 0 Å². The highest BCUT2D eigenvalue weighted by atomic mass is 79.9. The third-order valence-corrected chi connectivity index (χ3v) is 3.08. The normalized spacial score (nSPS) is 10.6. The number of nitrogens with two attached hydrogens (primary N) is 1. The van der Waals surface area contributed by atoms with Crippen LogP contribution in [0.25, 0.3) is 11.4 Å². The summed E-state index contributed by atoms with van der Waals surface area (Å²) in [6.45, 7) is 1.91. The Balaban J connectivity index is 2.64. The molecule has 78 valence electrons. The minimum Gasteiger partial charge on any atom is -0.397 e. The molecule has 4 nitrogen and oxygen atoms in total. The van der Waals surface area contributed by atoms with Crippen molar-refractivity contribution in [1.82, 2.24) is 14.8 Å². The number of aromatic nitrogens is 3. The average Bonchev–Trinajstić information content (AvgIpc) is 2.53. The van der Waals surface area contributed by atoms with Crippen LogP contribution in [0, 0.1) is 6.92 Å². The summed E-state index contributed by atoms with van der Waals surface area (Å²) >= 11 is 3.39. The lowest BCUT2D eigenvalue weighted by Crippen LogP contribution is -1.98. The molecule has 0 atom stereocenters. The van der Waals surface area contributed by atoms with Crippen LogP contribution in [-0.2, 0) is 7.05 Å². The molecule has 15 heavy (non-hydrogen) atoms. The van der Waals surface area contributed by atoms with E-state index < -0.39 is 0 Å². The van der Waals surface area contributed by atoms with Gasteiger partial charge in [-0.05, 0) is 35.0 Å². The van der Waals surface area contributed by atoms with Crippen molar-refractivity contribution in [1.29, 1.82) is 0 Å². The van der Waals surface area contributed by atoms with E-state index in [4.69, 9.17) is 5.73 Å². The van der Waals surface area contributed by atoms with E-state index in [0.29, 0.717) is 5.69 Å². The van der Waals surface area contributed by atoms with Crippen LogP contribution >= 0.6 is 15.9 Å². The van der Waals surface area contributed by atoms with Crippen LogP contribution < -0.4 is 5.73 Å². The van der Waals surface area contributed by atoms with Gasteiger partial charge in [0.25, 0.3) is 0 Å². The Hall–Kier alpha value is -1.36. The molecule has 2 N–H and O–H groups in total. The molecule has 1 aromatic heterocycles. The van der Waals surface area contributed by atoms with E-state index in [0.717, 1.165) is 21.7 Å². The number of anilines is 1. The Kier molecular flexibility index (Phi) is 2.48. The maximum Gasteiger partial charge on any atom is 0.165 e. The zero-order chi connectivity index (χ0) is 11.0. The predicted molar refractivity (Wildman–Crippen MR) is 63.3 cm³/mol. The second-order valence-corrected chi connectivity index (χ2v) is 4.19. The van der Waals surface area contributed by atoms with Crippen LogP contribution in [0.15, 0.2) is 22.7 Å². The van der Waals surface area contributed by atoms with Gasteiger partial charge in [-0.3, -0.25) is 0 Å². The number of benzene rings is 1. The third kappa shape index (κ3) is 1.63. The predicted octanol–water partition coefficient (Wildman–Crippen LogP) is 2.14. The molecule has 0 saturated carbocycles. The molecule has 0 unspecified atom stereocenters. The summed E-state index contributed by atoms with van der Waals surface area (Å²) in [5.41, 5.74) is 7.55. The van der Waals surface area contributed by atoms with Crippen LogP contribution in [0.4, 0.5) is 5.69 Å². The van der Waals surface area contributed by atoms with Gasteiger partial charge in [-0.15, -0.1) is 10.2 Å². The maximum absolute atomic E-state index is 5.96. The molecular weight excluding hydrogens is 256 g/mol. The Morgan fingerprint density at radius 3 is 2.67 bits per heavy atom. The minimum absolute atomic E-state index is 0.688. The monoisotopic (exact) mass is 266 g/mol. The lowest BCUT2D eigenvalue weighted by molar-refractivity contribution is 0.865. The summed E-state index contributed by atoms with van der Waals surface area (Å²) in [5, 5.41) is 8.11. The fourth-order valence-electron chi connectivity index (χ4n) is 1.37. The number of hydrogen-bond donors (Lipinski definition) is 1. The second kappa shape index (κ2) is 3.66. The molecule has 5 heteroatoms. The summed E-state index contributed by atoms with van der Waals surface area (Å²) in [4.78, 5) is 0. The summed E-state index contributed by atoms with van der Waals surface area (Å²) in [6, 6.07) is 5.77. The Bertz CT molecular complexity index is 504. The number of aryl methyl sites for hydroxylation is 1. The second-order valence-electron chi connectivity index (χ2n) is 3.33. The fourth-order valence-corrected chi connectivity index (χ4v) is 1.74. The molecule has 0 spiro atoms. The van der Waals surface area contributed by atoms with Gasteiger partial charge in [0.15, 0.2) is 5.82 Å². The number of nitrogens with zero attached hydrogens (tertiary/aromatic N) is 3. The quantitative estimate of drug-likeness (QED) is 0.805. The van der Waals surface area contributed by atoms with E-state index >= 15 is 0 Å². The van der Waals surface area contributed by atoms with Gasteiger partial charge >= 0.3 is 0 Å². The van der Waals surface area contributed by atoms with Gasteiger partial charge in [0, 0.05) is 17.1 Å². The molecule has 0 bridgehead atoms. The lowest BCUT2D eigenvalue weighted by atomic mass is 10.1. The highest BCUT2D eigenvalue weighted by Gasteiger charge is 2.11. The first-order valence-corrected chi connectivity index (χ1v) is 5.31. The van der Waals surface area contributed by atoms with Crippen molar-refractivity contribution < 1.29 is 0 Å². The smallest absolute Gasteiger partial charge is 0.165 e. The van der Waals surface area contributed by atoms with Crippen molar-refractivity contribution >= 4 is 21.6 Å². The topological polar surface area (TPSA) is 56.7 Å². The molecule has 0 radical (unpaired) electrons. The van der Waals surface area contributed by atoms with Crippen molar-refractivity contribution in [2.75, 3.05) is 5.73 Å². The number of hydrogen-bond acceptors (Lipinski definition) is 3. The van der Waals surface area contributed by atoms with Crippen LogP contribution in [-0.4, -0.2) is 14.8 Å². The van der Waals surface area contributed by atoms with E-state index in [9.17, 15) is 0 Å². The van der Waals surface area contributed by atoms with Gasteiger partial charge in [0.05, 0.1) is 5.69 Å². The highest BCUT2D eigenvalue weighted by molar-refractivity contribution is 9.10. The van der Waals surface area contributed by atoms with Gasteiger partial charge in [0.2, 0.25) is 0 Å². The van der Waals surface area contributed by atoms with Crippen LogP contribution in [0.2, 0.25) is 0 Å². The van der Waals surface area contributed by atoms with Crippen molar-refractivity contribution in [2.24, 2.45) is 7.05 Å². The Morgan fingerprint density at radius 2 is 2.07 bits per heavy atom. The highest BCUT2D eigenvalue weighted by Crippen LogP contribution is 2.30. The molecule has 0 fully saturated rings. The molecule has 0 amide bonds. The SMILES string of the molecule is Cc1nnc(-c2cccc(Br)c2N)n1C. The van der Waals surface area contributed by atoms with E-state index in [-0.39, 0.29) is 0 Å². The molecule has 2 rings (SSSR count). The van der Waals surface area contributed by atoms with Crippen LogP contribution in [0.3, 0.4) is 0 Å². The van der Waals surface area contributed by atoms with Gasteiger partial charge in [-0.25, -0.2) is 0 Å². The molecule has 1 heterocycles. The maximum atomic E-state index is 5.96. The van der Waals surface area contributed by atoms with Crippen molar-refractivity contribution in [3.63, 3.8) is 0 Å². The van der Waals surface area contributed by atoms with Crippen LogP contribution in [0.1, 0.15) is 5.82 Å². The van der Waals surface area contributed by atoms with Crippen molar-refractivity contribution in [3.05, 3.63) is 28.5 Å². The lowest BCUT2D eigenvalue weighted by Gasteiger charge is -2.06. The number of para-hydroxylation sites is 1. The zero-order valence-electron chi connectivity index (χ0n) is 8.53. The van der Waals surface area contributed by atoms with Crippen LogP contribution in [0.5, 0.6) is 0 Å². The first kappa shape index (κ1) is 10.2. The van der Waals surface area contributed by atoms with E-state index in [2.05, 4.69) is 26.1 Å². The largest absolute Gasteiger partial charge is 0.397 e. The fraction of sp³-hybridized carbons (Fsp3) is 0.200. The first-order valence-electron chi connectivity index (χ1n) is 4.51. The summed E-state index contributed by atoms with van der Waals surface area (Å²) in [7, 11) is 1.92. The summed E-state index contributed by atoms with van der Waals surface area (Å²) < 4.78 is 2.79. The van der Waals surface area contributed by atoms with Crippen molar-refractivity contribution in [2.45, 2.75) is 6.92 Å². The summed E-state index contributed by atoms with van der Waals surface area (Å²) in [5.74, 6) is 1.65.